The Hall–Kier alpha value is -2.86. The first kappa shape index (κ1) is 21.8. The van der Waals surface area contributed by atoms with Gasteiger partial charge in [-0.15, -0.1) is 0 Å². The third-order valence-corrected chi connectivity index (χ3v) is 5.98. The normalized spacial score (nSPS) is 14.5. The molecule has 0 atom stereocenters. The molecule has 2 aromatic rings. The molecule has 0 saturated carbocycles. The second-order valence-electron chi connectivity index (χ2n) is 8.05. The standard InChI is InChI=1S/C24H32N4O2/c1-17-7-5-9-21(19(17)3)26-23(29)15-25-24(30)16-27-11-13-28(14-12-27)22-10-6-8-18(2)20(22)4/h5-10H,11-16H2,1-4H3,(H,25,30)(H,26,29). The number of benzene rings is 2. The van der Waals surface area contributed by atoms with Gasteiger partial charge in [0.15, 0.2) is 0 Å². The third-order valence-electron chi connectivity index (χ3n) is 5.98. The molecule has 1 heterocycles. The van der Waals surface area contributed by atoms with E-state index >= 15 is 0 Å². The van der Waals surface area contributed by atoms with Gasteiger partial charge in [0, 0.05) is 37.6 Å². The van der Waals surface area contributed by atoms with Crippen molar-refractivity contribution in [2.75, 3.05) is 49.5 Å². The average Bonchev–Trinajstić information content (AvgIpc) is 2.73. The maximum atomic E-state index is 12.3. The summed E-state index contributed by atoms with van der Waals surface area (Å²) in [6.45, 7) is 12.0. The Labute approximate surface area is 179 Å². The summed E-state index contributed by atoms with van der Waals surface area (Å²) in [5, 5.41) is 5.61. The van der Waals surface area contributed by atoms with Crippen LogP contribution in [0.2, 0.25) is 0 Å². The van der Waals surface area contributed by atoms with Crippen molar-refractivity contribution in [3.8, 4) is 0 Å². The van der Waals surface area contributed by atoms with E-state index in [0.717, 1.165) is 43.0 Å². The quantitative estimate of drug-likeness (QED) is 0.772. The van der Waals surface area contributed by atoms with E-state index in [4.69, 9.17) is 0 Å². The Balaban J connectivity index is 1.42. The lowest BCUT2D eigenvalue weighted by molar-refractivity contribution is -0.125. The van der Waals surface area contributed by atoms with Gasteiger partial charge in [-0.25, -0.2) is 0 Å². The topological polar surface area (TPSA) is 64.7 Å². The van der Waals surface area contributed by atoms with Gasteiger partial charge in [0.1, 0.15) is 0 Å². The number of amides is 2. The molecule has 1 aliphatic heterocycles. The molecule has 2 aromatic carbocycles. The summed E-state index contributed by atoms with van der Waals surface area (Å²) in [7, 11) is 0. The van der Waals surface area contributed by atoms with Crippen molar-refractivity contribution in [2.45, 2.75) is 27.7 Å². The summed E-state index contributed by atoms with van der Waals surface area (Å²) in [5.74, 6) is -0.330. The number of carbonyl (C=O) groups excluding carboxylic acids is 2. The number of hydrogen-bond donors (Lipinski definition) is 2. The van der Waals surface area contributed by atoms with E-state index in [1.807, 2.05) is 32.0 Å². The Morgan fingerprint density at radius 3 is 2.17 bits per heavy atom. The van der Waals surface area contributed by atoms with Crippen LogP contribution < -0.4 is 15.5 Å². The predicted molar refractivity (Wildman–Crippen MR) is 122 cm³/mol. The van der Waals surface area contributed by atoms with Crippen LogP contribution in [0.5, 0.6) is 0 Å². The largest absolute Gasteiger partial charge is 0.369 e. The molecule has 0 unspecified atom stereocenters. The van der Waals surface area contributed by atoms with Crippen LogP contribution in [-0.2, 0) is 9.59 Å². The van der Waals surface area contributed by atoms with Crippen LogP contribution >= 0.6 is 0 Å². The number of rotatable bonds is 6. The van der Waals surface area contributed by atoms with E-state index in [9.17, 15) is 9.59 Å². The van der Waals surface area contributed by atoms with Crippen LogP contribution in [0.1, 0.15) is 22.3 Å². The van der Waals surface area contributed by atoms with E-state index in [-0.39, 0.29) is 18.4 Å². The number of anilines is 2. The van der Waals surface area contributed by atoms with E-state index in [0.29, 0.717) is 6.54 Å². The molecule has 0 spiro atoms. The first-order valence-corrected chi connectivity index (χ1v) is 10.5. The van der Waals surface area contributed by atoms with Crippen LogP contribution in [0.3, 0.4) is 0 Å². The van der Waals surface area contributed by atoms with Crippen LogP contribution in [-0.4, -0.2) is 56.0 Å². The first-order chi connectivity index (χ1) is 14.3. The summed E-state index contributed by atoms with van der Waals surface area (Å²) < 4.78 is 0. The molecule has 0 radical (unpaired) electrons. The van der Waals surface area contributed by atoms with Gasteiger partial charge in [-0.2, -0.15) is 0 Å². The molecule has 3 rings (SSSR count). The third kappa shape index (κ3) is 5.39. The lowest BCUT2D eigenvalue weighted by atomic mass is 10.1. The lowest BCUT2D eigenvalue weighted by Gasteiger charge is -2.36. The minimum Gasteiger partial charge on any atom is -0.369 e. The highest BCUT2D eigenvalue weighted by atomic mass is 16.2. The summed E-state index contributed by atoms with van der Waals surface area (Å²) in [6.07, 6.45) is 0. The number of aryl methyl sites for hydroxylation is 2. The number of carbonyl (C=O) groups is 2. The predicted octanol–water partition coefficient (Wildman–Crippen LogP) is 2.80. The van der Waals surface area contributed by atoms with Gasteiger partial charge < -0.3 is 15.5 Å². The zero-order chi connectivity index (χ0) is 21.7. The fourth-order valence-corrected chi connectivity index (χ4v) is 3.74. The summed E-state index contributed by atoms with van der Waals surface area (Å²) in [4.78, 5) is 29.0. The maximum Gasteiger partial charge on any atom is 0.243 e. The summed E-state index contributed by atoms with van der Waals surface area (Å²) >= 11 is 0. The van der Waals surface area contributed by atoms with Crippen molar-refractivity contribution in [3.05, 3.63) is 58.7 Å². The van der Waals surface area contributed by atoms with Crippen molar-refractivity contribution in [1.82, 2.24) is 10.2 Å². The Bertz CT molecular complexity index is 917. The number of nitrogens with zero attached hydrogens (tertiary/aromatic N) is 2. The summed E-state index contributed by atoms with van der Waals surface area (Å²) in [6, 6.07) is 12.2. The van der Waals surface area contributed by atoms with E-state index in [2.05, 4.69) is 52.5 Å². The number of piperazine rings is 1. The zero-order valence-corrected chi connectivity index (χ0v) is 18.4. The van der Waals surface area contributed by atoms with Crippen molar-refractivity contribution < 1.29 is 9.59 Å². The van der Waals surface area contributed by atoms with Gasteiger partial charge in [-0.05, 0) is 62.1 Å². The molecular weight excluding hydrogens is 376 g/mol. The molecule has 0 aliphatic carbocycles. The highest BCUT2D eigenvalue weighted by Crippen LogP contribution is 2.23. The molecule has 160 valence electrons. The molecule has 0 aromatic heterocycles. The Kier molecular flexibility index (Phi) is 7.11. The van der Waals surface area contributed by atoms with Crippen molar-refractivity contribution in [2.24, 2.45) is 0 Å². The molecule has 1 aliphatic rings. The van der Waals surface area contributed by atoms with Gasteiger partial charge in [0.2, 0.25) is 11.8 Å². The highest BCUT2D eigenvalue weighted by molar-refractivity contribution is 5.95. The van der Waals surface area contributed by atoms with Gasteiger partial charge in [-0.3, -0.25) is 14.5 Å². The average molecular weight is 409 g/mol. The molecule has 6 heteroatoms. The SMILES string of the molecule is Cc1cccc(NC(=O)CNC(=O)CN2CCN(c3cccc(C)c3C)CC2)c1C. The monoisotopic (exact) mass is 408 g/mol. The van der Waals surface area contributed by atoms with Crippen LogP contribution in [0, 0.1) is 27.7 Å². The summed E-state index contributed by atoms with van der Waals surface area (Å²) in [5.41, 5.74) is 6.85. The van der Waals surface area contributed by atoms with Crippen molar-refractivity contribution in [1.29, 1.82) is 0 Å². The second kappa shape index (κ2) is 9.76. The highest BCUT2D eigenvalue weighted by Gasteiger charge is 2.20. The second-order valence-corrected chi connectivity index (χ2v) is 8.05. The Morgan fingerprint density at radius 2 is 1.47 bits per heavy atom. The smallest absolute Gasteiger partial charge is 0.243 e. The molecular formula is C24H32N4O2. The fourth-order valence-electron chi connectivity index (χ4n) is 3.74. The van der Waals surface area contributed by atoms with Gasteiger partial charge in [0.25, 0.3) is 0 Å². The lowest BCUT2D eigenvalue weighted by Crippen LogP contribution is -2.50. The van der Waals surface area contributed by atoms with E-state index < -0.39 is 0 Å². The Morgan fingerprint density at radius 1 is 0.833 bits per heavy atom. The molecule has 1 saturated heterocycles. The van der Waals surface area contributed by atoms with Gasteiger partial charge in [0.05, 0.1) is 13.1 Å². The maximum absolute atomic E-state index is 12.3. The zero-order valence-electron chi connectivity index (χ0n) is 18.4. The molecule has 0 bridgehead atoms. The first-order valence-electron chi connectivity index (χ1n) is 10.5. The van der Waals surface area contributed by atoms with E-state index in [1.54, 1.807) is 0 Å². The molecule has 2 amide bonds. The van der Waals surface area contributed by atoms with Crippen LogP contribution in [0.4, 0.5) is 11.4 Å². The van der Waals surface area contributed by atoms with Crippen molar-refractivity contribution >= 4 is 23.2 Å². The van der Waals surface area contributed by atoms with Gasteiger partial charge in [-0.1, -0.05) is 24.3 Å². The molecule has 1 fully saturated rings. The number of hydrogen-bond acceptors (Lipinski definition) is 4. The minimum atomic E-state index is -0.211. The minimum absolute atomic E-state index is 0.0192. The number of nitrogens with one attached hydrogen (secondary N) is 2. The van der Waals surface area contributed by atoms with Crippen LogP contribution in [0.25, 0.3) is 0 Å². The molecule has 6 nitrogen and oxygen atoms in total. The van der Waals surface area contributed by atoms with Gasteiger partial charge >= 0.3 is 0 Å². The fraction of sp³-hybridized carbons (Fsp3) is 0.417. The molecule has 2 N–H and O–H groups in total. The van der Waals surface area contributed by atoms with E-state index in [1.165, 1.54) is 16.8 Å². The van der Waals surface area contributed by atoms with Crippen LogP contribution in [0.15, 0.2) is 36.4 Å². The molecule has 30 heavy (non-hydrogen) atoms. The van der Waals surface area contributed by atoms with Crippen molar-refractivity contribution in [3.63, 3.8) is 0 Å².